The highest BCUT2D eigenvalue weighted by molar-refractivity contribution is 9.10. The van der Waals surface area contributed by atoms with E-state index in [0.717, 1.165) is 10.0 Å². The van der Waals surface area contributed by atoms with E-state index in [9.17, 15) is 13.2 Å². The molecule has 0 aliphatic heterocycles. The maximum absolute atomic E-state index is 12.5. The number of hydrogen-bond donors (Lipinski definition) is 1. The van der Waals surface area contributed by atoms with Gasteiger partial charge in [-0.05, 0) is 53.2 Å². The third-order valence-electron chi connectivity index (χ3n) is 3.39. The zero-order valence-electron chi connectivity index (χ0n) is 13.4. The van der Waals surface area contributed by atoms with Gasteiger partial charge in [-0.25, -0.2) is 8.42 Å². The molecule has 1 N–H and O–H groups in total. The van der Waals surface area contributed by atoms with Gasteiger partial charge in [-0.3, -0.25) is 9.63 Å². The molecule has 1 amide bonds. The van der Waals surface area contributed by atoms with Gasteiger partial charge in [-0.1, -0.05) is 22.2 Å². The molecule has 24 heavy (non-hydrogen) atoms. The number of anilines is 1. The Balaban J connectivity index is 2.34. The van der Waals surface area contributed by atoms with Gasteiger partial charge in [0.25, 0.3) is 15.9 Å². The SMILES string of the molecule is CON(C)S(=O)(=O)c1ccc(Br)c(C(=O)Nc2ccc(C)cc2)c1. The van der Waals surface area contributed by atoms with E-state index in [0.29, 0.717) is 10.2 Å². The molecule has 0 bridgehead atoms. The molecule has 0 unspecified atom stereocenters. The fraction of sp³-hybridized carbons (Fsp3) is 0.188. The fourth-order valence-electron chi connectivity index (χ4n) is 1.92. The van der Waals surface area contributed by atoms with Crippen LogP contribution in [0.4, 0.5) is 5.69 Å². The van der Waals surface area contributed by atoms with Crippen LogP contribution in [0.2, 0.25) is 0 Å². The average molecular weight is 413 g/mol. The number of hydroxylamine groups is 1. The third kappa shape index (κ3) is 4.02. The first-order valence-corrected chi connectivity index (χ1v) is 9.19. The number of aryl methyl sites for hydroxylation is 1. The molecular weight excluding hydrogens is 396 g/mol. The molecule has 2 aromatic rings. The summed E-state index contributed by atoms with van der Waals surface area (Å²) in [6.45, 7) is 1.95. The molecule has 2 rings (SSSR count). The Bertz CT molecular complexity index is 851. The van der Waals surface area contributed by atoms with E-state index in [1.54, 1.807) is 12.1 Å². The number of nitrogens with one attached hydrogen (secondary N) is 1. The lowest BCUT2D eigenvalue weighted by Gasteiger charge is -2.15. The monoisotopic (exact) mass is 412 g/mol. The van der Waals surface area contributed by atoms with E-state index >= 15 is 0 Å². The molecule has 0 aliphatic rings. The minimum Gasteiger partial charge on any atom is -0.322 e. The Kier molecular flexibility index (Phi) is 5.76. The number of nitrogens with zero attached hydrogens (tertiary/aromatic N) is 1. The first kappa shape index (κ1) is 18.6. The number of halogens is 1. The third-order valence-corrected chi connectivity index (χ3v) is 5.75. The molecule has 0 saturated carbocycles. The van der Waals surface area contributed by atoms with Crippen LogP contribution in [0, 0.1) is 6.92 Å². The Hall–Kier alpha value is -1.74. The molecule has 8 heteroatoms. The minimum absolute atomic E-state index is 0.0379. The lowest BCUT2D eigenvalue weighted by Crippen LogP contribution is -2.26. The molecule has 6 nitrogen and oxygen atoms in total. The number of rotatable bonds is 5. The van der Waals surface area contributed by atoms with Crippen molar-refractivity contribution < 1.29 is 18.0 Å². The van der Waals surface area contributed by atoms with Crippen LogP contribution in [0.3, 0.4) is 0 Å². The zero-order valence-corrected chi connectivity index (χ0v) is 15.8. The first-order valence-electron chi connectivity index (χ1n) is 6.96. The molecular formula is C16H17BrN2O4S. The lowest BCUT2D eigenvalue weighted by atomic mass is 10.2. The van der Waals surface area contributed by atoms with E-state index in [-0.39, 0.29) is 10.5 Å². The van der Waals surface area contributed by atoms with Gasteiger partial charge in [-0.15, -0.1) is 0 Å². The van der Waals surface area contributed by atoms with Crippen LogP contribution in [0.1, 0.15) is 15.9 Å². The Morgan fingerprint density at radius 2 is 1.79 bits per heavy atom. The molecule has 0 fully saturated rings. The second-order valence-corrected chi connectivity index (χ2v) is 7.85. The molecule has 0 spiro atoms. The lowest BCUT2D eigenvalue weighted by molar-refractivity contribution is -0.0258. The standard InChI is InChI=1S/C16H17BrN2O4S/c1-11-4-6-12(7-5-11)18-16(20)14-10-13(8-9-15(14)17)24(21,22)19(2)23-3/h4-10H,1-3H3,(H,18,20). The fourth-order valence-corrected chi connectivity index (χ4v) is 3.35. The summed E-state index contributed by atoms with van der Waals surface area (Å²) in [6.07, 6.45) is 0. The summed E-state index contributed by atoms with van der Waals surface area (Å²) in [5.74, 6) is -0.414. The van der Waals surface area contributed by atoms with Crippen LogP contribution >= 0.6 is 15.9 Å². The summed E-state index contributed by atoms with van der Waals surface area (Å²) in [5.41, 5.74) is 1.91. The van der Waals surface area contributed by atoms with Gasteiger partial charge < -0.3 is 5.32 Å². The van der Waals surface area contributed by atoms with Gasteiger partial charge in [0.1, 0.15) is 0 Å². The molecule has 0 saturated heterocycles. The van der Waals surface area contributed by atoms with Crippen LogP contribution in [0.15, 0.2) is 51.8 Å². The minimum atomic E-state index is -3.83. The number of amides is 1. The largest absolute Gasteiger partial charge is 0.322 e. The van der Waals surface area contributed by atoms with E-state index in [4.69, 9.17) is 4.84 Å². The summed E-state index contributed by atoms with van der Waals surface area (Å²) in [6, 6.07) is 11.5. The summed E-state index contributed by atoms with van der Waals surface area (Å²) in [4.78, 5) is 17.2. The number of carbonyl (C=O) groups excluding carboxylic acids is 1. The smallest absolute Gasteiger partial charge is 0.264 e. The second kappa shape index (κ2) is 7.43. The Morgan fingerprint density at radius 3 is 2.38 bits per heavy atom. The molecule has 0 radical (unpaired) electrons. The van der Waals surface area contributed by atoms with Crippen molar-refractivity contribution in [2.45, 2.75) is 11.8 Å². The van der Waals surface area contributed by atoms with Crippen molar-refractivity contribution >= 4 is 37.5 Å². The number of benzene rings is 2. The van der Waals surface area contributed by atoms with Gasteiger partial charge in [0.15, 0.2) is 0 Å². The van der Waals surface area contributed by atoms with Gasteiger partial charge in [0.05, 0.1) is 17.6 Å². The maximum Gasteiger partial charge on any atom is 0.264 e. The summed E-state index contributed by atoms with van der Waals surface area (Å²) < 4.78 is 25.8. The molecule has 0 heterocycles. The Morgan fingerprint density at radius 1 is 1.17 bits per heavy atom. The van der Waals surface area contributed by atoms with Crippen LogP contribution in [0.5, 0.6) is 0 Å². The maximum atomic E-state index is 12.5. The summed E-state index contributed by atoms with van der Waals surface area (Å²) in [7, 11) is -1.30. The predicted octanol–water partition coefficient (Wildman–Crippen LogP) is 3.19. The second-order valence-electron chi connectivity index (χ2n) is 5.06. The molecule has 0 atom stereocenters. The van der Waals surface area contributed by atoms with Crippen molar-refractivity contribution in [2.24, 2.45) is 0 Å². The number of sulfonamides is 1. The van der Waals surface area contributed by atoms with Crippen molar-refractivity contribution in [3.63, 3.8) is 0 Å². The summed E-state index contributed by atoms with van der Waals surface area (Å²) in [5, 5.41) is 2.74. The highest BCUT2D eigenvalue weighted by Gasteiger charge is 2.23. The number of carbonyl (C=O) groups is 1. The predicted molar refractivity (Wildman–Crippen MR) is 95.2 cm³/mol. The van der Waals surface area contributed by atoms with Crippen LogP contribution in [0.25, 0.3) is 0 Å². The van der Waals surface area contributed by atoms with Crippen molar-refractivity contribution in [2.75, 3.05) is 19.5 Å². The van der Waals surface area contributed by atoms with Crippen molar-refractivity contribution in [3.05, 3.63) is 58.1 Å². The van der Waals surface area contributed by atoms with Crippen molar-refractivity contribution in [1.29, 1.82) is 0 Å². The molecule has 2 aromatic carbocycles. The topological polar surface area (TPSA) is 75.7 Å². The van der Waals surface area contributed by atoms with E-state index in [1.807, 2.05) is 19.1 Å². The van der Waals surface area contributed by atoms with Crippen LogP contribution in [-0.2, 0) is 14.9 Å². The normalized spacial score (nSPS) is 11.5. The quantitative estimate of drug-likeness (QED) is 0.764. The van der Waals surface area contributed by atoms with E-state index in [1.165, 1.54) is 32.4 Å². The molecule has 0 aliphatic carbocycles. The zero-order chi connectivity index (χ0) is 17.9. The molecule has 128 valence electrons. The Labute approximate surface area is 149 Å². The van der Waals surface area contributed by atoms with Gasteiger partial charge in [0.2, 0.25) is 0 Å². The average Bonchev–Trinajstić information content (AvgIpc) is 2.56. The van der Waals surface area contributed by atoms with E-state index in [2.05, 4.69) is 21.2 Å². The highest BCUT2D eigenvalue weighted by Crippen LogP contribution is 2.24. The van der Waals surface area contributed by atoms with Crippen molar-refractivity contribution in [1.82, 2.24) is 4.47 Å². The van der Waals surface area contributed by atoms with Gasteiger partial charge >= 0.3 is 0 Å². The first-order chi connectivity index (χ1) is 11.3. The van der Waals surface area contributed by atoms with Gasteiger partial charge in [0, 0.05) is 17.2 Å². The van der Waals surface area contributed by atoms with Gasteiger partial charge in [-0.2, -0.15) is 0 Å². The number of hydrogen-bond acceptors (Lipinski definition) is 4. The highest BCUT2D eigenvalue weighted by atomic mass is 79.9. The van der Waals surface area contributed by atoms with E-state index < -0.39 is 15.9 Å². The summed E-state index contributed by atoms with van der Waals surface area (Å²) >= 11 is 3.28. The van der Waals surface area contributed by atoms with Crippen LogP contribution in [-0.4, -0.2) is 33.0 Å². The van der Waals surface area contributed by atoms with Crippen LogP contribution < -0.4 is 5.32 Å². The van der Waals surface area contributed by atoms with Crippen molar-refractivity contribution in [3.8, 4) is 0 Å². The molecule has 0 aromatic heterocycles.